The summed E-state index contributed by atoms with van der Waals surface area (Å²) in [6.07, 6.45) is -7.23. The molecule has 0 aromatic heterocycles. The first-order valence-electron chi connectivity index (χ1n) is 4.38. The van der Waals surface area contributed by atoms with Gasteiger partial charge in [-0.2, -0.15) is 9.89 Å². The maximum atomic E-state index is 10.9. The van der Waals surface area contributed by atoms with Crippen molar-refractivity contribution in [1.82, 2.24) is 4.90 Å². The lowest BCUT2D eigenvalue weighted by Crippen LogP contribution is -2.49. The third-order valence-electron chi connectivity index (χ3n) is 1.61. The van der Waals surface area contributed by atoms with E-state index in [2.05, 4.69) is 24.2 Å². The second-order valence-electron chi connectivity index (χ2n) is 2.74. The van der Waals surface area contributed by atoms with Gasteiger partial charge in [0.1, 0.15) is 0 Å². The summed E-state index contributed by atoms with van der Waals surface area (Å²) < 4.78 is 12.8. The molecule has 0 saturated carbocycles. The van der Waals surface area contributed by atoms with Gasteiger partial charge in [0.05, 0.1) is 7.11 Å². The number of nitrogens with zero attached hydrogens (tertiary/aromatic N) is 3. The molecular formula is C7H7N3O9. The molecule has 1 rings (SSSR count). The molecule has 0 saturated heterocycles. The molecular weight excluding hydrogens is 270 g/mol. The average Bonchev–Trinajstić information content (AvgIpc) is 2.25. The summed E-state index contributed by atoms with van der Waals surface area (Å²) >= 11 is 0. The molecule has 1 heterocycles. The number of aliphatic imine (C=N–C) groups is 2. The van der Waals surface area contributed by atoms with E-state index in [1.807, 2.05) is 0 Å². The molecule has 12 nitrogen and oxygen atoms in total. The van der Waals surface area contributed by atoms with Gasteiger partial charge in [-0.3, -0.25) is 0 Å². The normalized spacial score (nSPS) is 17.9. The Kier molecular flexibility index (Phi) is 4.07. The molecule has 12 heteroatoms. The Hall–Kier alpha value is -3.05. The van der Waals surface area contributed by atoms with Gasteiger partial charge >= 0.3 is 30.4 Å². The highest BCUT2D eigenvalue weighted by molar-refractivity contribution is 6.00. The Labute approximate surface area is 104 Å². The largest absolute Gasteiger partial charge is 0.513 e. The minimum Gasteiger partial charge on any atom is -0.468 e. The van der Waals surface area contributed by atoms with Gasteiger partial charge in [0, 0.05) is 0 Å². The van der Waals surface area contributed by atoms with Gasteiger partial charge in [-0.15, -0.1) is 4.99 Å². The number of carboxylic acid groups (broad SMARTS) is 3. The number of ether oxygens (including phenoxy) is 3. The first-order chi connectivity index (χ1) is 8.85. The van der Waals surface area contributed by atoms with Gasteiger partial charge in [-0.1, -0.05) is 0 Å². The lowest BCUT2D eigenvalue weighted by Gasteiger charge is -2.26. The van der Waals surface area contributed by atoms with Crippen LogP contribution in [0.2, 0.25) is 0 Å². The molecule has 19 heavy (non-hydrogen) atoms. The van der Waals surface area contributed by atoms with Crippen molar-refractivity contribution in [3.8, 4) is 0 Å². The van der Waals surface area contributed by atoms with Gasteiger partial charge in [-0.25, -0.2) is 14.4 Å². The van der Waals surface area contributed by atoms with Crippen molar-refractivity contribution in [3.63, 3.8) is 0 Å². The predicted molar refractivity (Wildman–Crippen MR) is 53.8 cm³/mol. The van der Waals surface area contributed by atoms with Crippen LogP contribution in [0.3, 0.4) is 0 Å². The Balaban J connectivity index is 3.10. The van der Waals surface area contributed by atoms with Crippen LogP contribution in [0.1, 0.15) is 0 Å². The quantitative estimate of drug-likeness (QED) is 0.559. The van der Waals surface area contributed by atoms with Crippen molar-refractivity contribution in [3.05, 3.63) is 0 Å². The van der Waals surface area contributed by atoms with Gasteiger partial charge < -0.3 is 29.5 Å². The van der Waals surface area contributed by atoms with Gasteiger partial charge in [0.25, 0.3) is 6.35 Å². The van der Waals surface area contributed by atoms with Gasteiger partial charge in [0.2, 0.25) is 0 Å². The standard InChI is InChI=1S/C7H7N3O9/c1-17-3-8-2(18-6(13)14)9-4(19-7(15)16)10(3)5(11)12/h4H,1H3,(H,11,12)(H,13,14)(H,15,16). The van der Waals surface area contributed by atoms with Crippen LogP contribution < -0.4 is 0 Å². The average molecular weight is 277 g/mol. The molecule has 1 aliphatic rings. The van der Waals surface area contributed by atoms with Crippen LogP contribution in [0.15, 0.2) is 9.98 Å². The van der Waals surface area contributed by atoms with E-state index in [1.54, 1.807) is 0 Å². The molecule has 1 amide bonds. The second-order valence-corrected chi connectivity index (χ2v) is 2.74. The highest BCUT2D eigenvalue weighted by Crippen LogP contribution is 2.13. The van der Waals surface area contributed by atoms with Gasteiger partial charge in [-0.05, 0) is 0 Å². The van der Waals surface area contributed by atoms with Crippen molar-refractivity contribution >= 4 is 30.4 Å². The number of carbonyl (C=O) groups is 3. The van der Waals surface area contributed by atoms with Crippen LogP contribution in [-0.4, -0.2) is 64.1 Å². The van der Waals surface area contributed by atoms with Crippen molar-refractivity contribution < 1.29 is 43.9 Å². The Morgan fingerprint density at radius 1 is 1.21 bits per heavy atom. The van der Waals surface area contributed by atoms with E-state index >= 15 is 0 Å². The van der Waals surface area contributed by atoms with E-state index in [4.69, 9.17) is 15.3 Å². The van der Waals surface area contributed by atoms with Crippen LogP contribution in [-0.2, 0) is 14.2 Å². The van der Waals surface area contributed by atoms with Gasteiger partial charge in [0.15, 0.2) is 0 Å². The SMILES string of the molecule is COC1=NC(OC(=O)O)=NC(OC(=O)O)N1C(=O)O. The fraction of sp³-hybridized carbons (Fsp3) is 0.286. The van der Waals surface area contributed by atoms with Crippen LogP contribution in [0.5, 0.6) is 0 Å². The predicted octanol–water partition coefficient (Wildman–Crippen LogP) is 0.0112. The number of amidine groups is 2. The topological polar surface area (TPSA) is 168 Å². The smallest absolute Gasteiger partial charge is 0.468 e. The van der Waals surface area contributed by atoms with Crippen LogP contribution in [0.25, 0.3) is 0 Å². The van der Waals surface area contributed by atoms with E-state index in [1.165, 1.54) is 0 Å². The highest BCUT2D eigenvalue weighted by Gasteiger charge is 2.37. The molecule has 0 aromatic carbocycles. The van der Waals surface area contributed by atoms with E-state index in [0.29, 0.717) is 0 Å². The number of amides is 1. The van der Waals surface area contributed by atoms with Crippen LogP contribution >= 0.6 is 0 Å². The molecule has 0 radical (unpaired) electrons. The zero-order valence-electron chi connectivity index (χ0n) is 9.21. The van der Waals surface area contributed by atoms with E-state index in [9.17, 15) is 14.4 Å². The summed E-state index contributed by atoms with van der Waals surface area (Å²) in [7, 11) is 1.02. The highest BCUT2D eigenvalue weighted by atomic mass is 16.7. The van der Waals surface area contributed by atoms with Crippen molar-refractivity contribution in [1.29, 1.82) is 0 Å². The number of rotatable bonds is 1. The maximum Gasteiger partial charge on any atom is 0.513 e. The Morgan fingerprint density at radius 3 is 2.26 bits per heavy atom. The zero-order chi connectivity index (χ0) is 14.6. The van der Waals surface area contributed by atoms with Crippen LogP contribution in [0, 0.1) is 0 Å². The number of hydrogen-bond acceptors (Lipinski definition) is 8. The molecule has 104 valence electrons. The summed E-state index contributed by atoms with van der Waals surface area (Å²) in [5, 5.41) is 25.7. The molecule has 3 N–H and O–H groups in total. The molecule has 0 fully saturated rings. The lowest BCUT2D eigenvalue weighted by atomic mass is 10.6. The van der Waals surface area contributed by atoms with E-state index in [-0.39, 0.29) is 4.90 Å². The molecule has 0 aliphatic carbocycles. The molecule has 0 bridgehead atoms. The molecule has 0 spiro atoms. The lowest BCUT2D eigenvalue weighted by molar-refractivity contribution is -0.00527. The van der Waals surface area contributed by atoms with E-state index < -0.39 is 36.8 Å². The minimum atomic E-state index is -1.93. The molecule has 0 aromatic rings. The summed E-state index contributed by atoms with van der Waals surface area (Å²) in [5.41, 5.74) is 0. The Bertz CT molecular complexity index is 470. The third kappa shape index (κ3) is 3.45. The summed E-state index contributed by atoms with van der Waals surface area (Å²) in [6, 6.07) is -1.49. The first kappa shape index (κ1) is 14.0. The van der Waals surface area contributed by atoms with Crippen molar-refractivity contribution in [2.45, 2.75) is 6.35 Å². The summed E-state index contributed by atoms with van der Waals surface area (Å²) in [4.78, 5) is 38.4. The van der Waals surface area contributed by atoms with Crippen LogP contribution in [0.4, 0.5) is 14.4 Å². The number of methoxy groups -OCH3 is 1. The fourth-order valence-electron chi connectivity index (χ4n) is 1.03. The minimum absolute atomic E-state index is 0.225. The maximum absolute atomic E-state index is 10.9. The summed E-state index contributed by atoms with van der Waals surface area (Å²) in [6.45, 7) is 0. The van der Waals surface area contributed by atoms with Crippen molar-refractivity contribution in [2.24, 2.45) is 9.98 Å². The second kappa shape index (κ2) is 5.52. The molecule has 1 atom stereocenters. The monoisotopic (exact) mass is 277 g/mol. The first-order valence-corrected chi connectivity index (χ1v) is 4.38. The molecule has 1 unspecified atom stereocenters. The van der Waals surface area contributed by atoms with E-state index in [0.717, 1.165) is 7.11 Å². The third-order valence-corrected chi connectivity index (χ3v) is 1.61. The number of hydrogen-bond donors (Lipinski definition) is 3. The van der Waals surface area contributed by atoms with Crippen molar-refractivity contribution in [2.75, 3.05) is 7.11 Å². The molecule has 1 aliphatic heterocycles. The Morgan fingerprint density at radius 2 is 1.84 bits per heavy atom. The summed E-state index contributed by atoms with van der Waals surface area (Å²) in [5.74, 6) is 0. The fourth-order valence-corrected chi connectivity index (χ4v) is 1.03. The zero-order valence-corrected chi connectivity index (χ0v) is 9.21.